The van der Waals surface area contributed by atoms with Gasteiger partial charge < -0.3 is 0 Å². The molecule has 0 fully saturated rings. The van der Waals surface area contributed by atoms with Gasteiger partial charge >= 0.3 is 0 Å². The highest BCUT2D eigenvalue weighted by molar-refractivity contribution is 6.23. The Morgan fingerprint density at radius 2 is 0.810 bits per heavy atom. The van der Waals surface area contributed by atoms with Crippen LogP contribution in [0, 0.1) is 27.7 Å². The first kappa shape index (κ1) is 52.2. The third kappa shape index (κ3) is 15.6. The third-order valence-corrected chi connectivity index (χ3v) is 7.97. The number of hydrogen-bond donors (Lipinski definition) is 0. The van der Waals surface area contributed by atoms with Crippen molar-refractivity contribution in [3.63, 3.8) is 0 Å². The Labute approximate surface area is 351 Å². The highest BCUT2D eigenvalue weighted by Crippen LogP contribution is 2.34. The number of fused-ring (bicyclic) bond motifs is 2. The fourth-order valence-electron chi connectivity index (χ4n) is 5.73. The maximum atomic E-state index is 4.28. The van der Waals surface area contributed by atoms with Crippen molar-refractivity contribution in [1.29, 1.82) is 0 Å². The molecule has 0 aliphatic carbocycles. The van der Waals surface area contributed by atoms with E-state index in [9.17, 15) is 0 Å². The Hall–Kier alpha value is -5.81. The molecule has 6 aromatic carbocycles. The molecule has 3 heterocycles. The van der Waals surface area contributed by atoms with Crippen LogP contribution >= 0.6 is 0 Å². The number of nitrogens with zero attached hydrogens (tertiary/aromatic N) is 5. The number of para-hydroxylation sites is 1. The van der Waals surface area contributed by atoms with Gasteiger partial charge in [0.25, 0.3) is 0 Å². The molecule has 0 spiro atoms. The van der Waals surface area contributed by atoms with Crippen molar-refractivity contribution < 1.29 is 0 Å². The van der Waals surface area contributed by atoms with Crippen molar-refractivity contribution in [2.75, 3.05) is 0 Å². The van der Waals surface area contributed by atoms with Gasteiger partial charge in [-0.25, -0.2) is 15.0 Å². The quantitative estimate of drug-likeness (QED) is 0.143. The number of aryl methyl sites for hydroxylation is 4. The lowest BCUT2D eigenvalue weighted by molar-refractivity contribution is 0.974. The van der Waals surface area contributed by atoms with E-state index < -0.39 is 0 Å². The third-order valence-electron chi connectivity index (χ3n) is 7.97. The molecular weight excluding hydrogens is 707 g/mol. The summed E-state index contributed by atoms with van der Waals surface area (Å²) in [6.07, 6.45) is 8.51. The van der Waals surface area contributed by atoms with Crippen LogP contribution in [0.1, 0.15) is 106 Å². The summed E-state index contributed by atoms with van der Waals surface area (Å²) < 4.78 is 0. The summed E-state index contributed by atoms with van der Waals surface area (Å²) in [6.45, 7) is 32.2. The summed E-state index contributed by atoms with van der Waals surface area (Å²) in [5.41, 5.74) is 4.96. The van der Waals surface area contributed by atoms with Gasteiger partial charge in [0.2, 0.25) is 0 Å². The zero-order chi connectivity index (χ0) is 43.9. The first-order chi connectivity index (χ1) is 28.5. The van der Waals surface area contributed by atoms with Crippen LogP contribution in [0.5, 0.6) is 0 Å². The molecule has 9 aromatic rings. The summed E-state index contributed by atoms with van der Waals surface area (Å²) in [6, 6.07) is 38.5. The molecule has 0 saturated carbocycles. The maximum absolute atomic E-state index is 4.28. The summed E-state index contributed by atoms with van der Waals surface area (Å²) in [5.74, 6) is 0.759. The summed E-state index contributed by atoms with van der Waals surface area (Å²) in [7, 11) is 0. The molecule has 0 atom stereocenters. The molecule has 9 rings (SSSR count). The van der Waals surface area contributed by atoms with Gasteiger partial charge in [0, 0.05) is 29.4 Å². The Bertz CT molecular complexity index is 2220. The van der Waals surface area contributed by atoms with E-state index in [1.807, 2.05) is 121 Å². The minimum Gasteiger partial charge on any atom is -0.264 e. The molecule has 0 aliphatic heterocycles. The minimum absolute atomic E-state index is 0.759. The van der Waals surface area contributed by atoms with Crippen molar-refractivity contribution in [3.8, 4) is 0 Å². The van der Waals surface area contributed by atoms with Gasteiger partial charge in [-0.2, -0.15) is 0 Å². The molecule has 0 saturated heterocycles. The number of hydrogen-bond acceptors (Lipinski definition) is 5. The topological polar surface area (TPSA) is 64.5 Å². The monoisotopic (exact) mass is 778 g/mol. The standard InChI is InChI=1S/C17H12.2C10H9N.C4H5N3.6C2H6/c1-11-9-14-7-5-12-3-2-4-13-6-8-15(10-11)17(14)16(12)13;1-8-4-2-5-9-6-3-7-11-10(8)9;1-8-3-2-4-9-5-6-11-7-10(8)9;1-4-6-2-5-3-7-4;6*1-2/h2-10H,1H3;2*2-7H,1H3;2-3H,1H3;6*1-2H3. The van der Waals surface area contributed by atoms with E-state index in [1.54, 1.807) is 0 Å². The number of aromatic nitrogens is 5. The Morgan fingerprint density at radius 1 is 0.362 bits per heavy atom. The molecule has 5 heteroatoms. The lowest BCUT2D eigenvalue weighted by Crippen LogP contribution is -1.84. The zero-order valence-electron chi connectivity index (χ0n) is 38.5. The smallest absolute Gasteiger partial charge is 0.128 e. The van der Waals surface area contributed by atoms with Crippen LogP contribution in [0.3, 0.4) is 0 Å². The molecule has 0 unspecified atom stereocenters. The lowest BCUT2D eigenvalue weighted by atomic mass is 9.93. The van der Waals surface area contributed by atoms with E-state index >= 15 is 0 Å². The first-order valence-corrected chi connectivity index (χ1v) is 21.3. The number of pyridine rings is 2. The zero-order valence-corrected chi connectivity index (χ0v) is 38.5. The average molecular weight is 778 g/mol. The Balaban J connectivity index is 0.000000708. The molecule has 0 radical (unpaired) electrons. The van der Waals surface area contributed by atoms with Crippen molar-refractivity contribution in [2.24, 2.45) is 0 Å². The predicted octanol–water partition coefficient (Wildman–Crippen LogP) is 16.3. The largest absolute Gasteiger partial charge is 0.264 e. The van der Waals surface area contributed by atoms with Gasteiger partial charge in [-0.1, -0.05) is 180 Å². The van der Waals surface area contributed by atoms with Crippen molar-refractivity contribution in [2.45, 2.75) is 111 Å². The SMILES string of the molecule is CC.CC.CC.CC.CC.CC.Cc1cc2ccc3cccc4ccc(c1)c2c34.Cc1cccc2cccnc12.Cc1cccc2ccncc12.Cc1ncncn1. The molecule has 5 nitrogen and oxygen atoms in total. The fourth-order valence-corrected chi connectivity index (χ4v) is 5.73. The molecule has 58 heavy (non-hydrogen) atoms. The highest BCUT2D eigenvalue weighted by atomic mass is 15.0. The second-order valence-electron chi connectivity index (χ2n) is 11.3. The number of rotatable bonds is 0. The maximum Gasteiger partial charge on any atom is 0.128 e. The summed E-state index contributed by atoms with van der Waals surface area (Å²) >= 11 is 0. The predicted molar refractivity (Wildman–Crippen MR) is 260 cm³/mol. The van der Waals surface area contributed by atoms with Gasteiger partial charge in [0.15, 0.2) is 0 Å². The van der Waals surface area contributed by atoms with Crippen LogP contribution in [0.4, 0.5) is 0 Å². The van der Waals surface area contributed by atoms with E-state index in [-0.39, 0.29) is 0 Å². The molecule has 0 amide bonds. The van der Waals surface area contributed by atoms with Crippen molar-refractivity contribution >= 4 is 54.0 Å². The van der Waals surface area contributed by atoms with Crippen molar-refractivity contribution in [3.05, 3.63) is 163 Å². The van der Waals surface area contributed by atoms with E-state index in [4.69, 9.17) is 0 Å². The number of benzene rings is 6. The van der Waals surface area contributed by atoms with Crippen LogP contribution in [-0.2, 0) is 0 Å². The van der Waals surface area contributed by atoms with E-state index in [2.05, 4.69) is 143 Å². The van der Waals surface area contributed by atoms with E-state index in [0.717, 1.165) is 11.3 Å². The molecule has 0 bridgehead atoms. The van der Waals surface area contributed by atoms with Gasteiger partial charge in [0.05, 0.1) is 5.52 Å². The minimum atomic E-state index is 0.759. The van der Waals surface area contributed by atoms with Crippen LogP contribution in [0.15, 0.2) is 140 Å². The van der Waals surface area contributed by atoms with Crippen LogP contribution in [0.2, 0.25) is 0 Å². The van der Waals surface area contributed by atoms with E-state index in [1.165, 1.54) is 77.8 Å². The molecule has 3 aromatic heterocycles. The molecule has 0 N–H and O–H groups in total. The second-order valence-corrected chi connectivity index (χ2v) is 11.3. The first-order valence-electron chi connectivity index (χ1n) is 21.3. The normalized spacial score (nSPS) is 9.03. The Kier molecular flexibility index (Phi) is 28.2. The molecule has 308 valence electrons. The van der Waals surface area contributed by atoms with Crippen LogP contribution in [0.25, 0.3) is 54.0 Å². The molecule has 0 aliphatic rings. The van der Waals surface area contributed by atoms with Gasteiger partial charge in [-0.15, -0.1) is 0 Å². The highest BCUT2D eigenvalue weighted by Gasteiger charge is 2.07. The van der Waals surface area contributed by atoms with Gasteiger partial charge in [-0.05, 0) is 94.2 Å². The molecular formula is C53H71N5. The average Bonchev–Trinajstić information content (AvgIpc) is 3.31. The summed E-state index contributed by atoms with van der Waals surface area (Å²) in [5, 5.41) is 11.9. The Morgan fingerprint density at radius 3 is 1.31 bits per heavy atom. The van der Waals surface area contributed by atoms with Crippen LogP contribution < -0.4 is 0 Å². The lowest BCUT2D eigenvalue weighted by Gasteiger charge is -2.11. The summed E-state index contributed by atoms with van der Waals surface area (Å²) in [4.78, 5) is 19.5. The van der Waals surface area contributed by atoms with Crippen molar-refractivity contribution in [1.82, 2.24) is 24.9 Å². The van der Waals surface area contributed by atoms with Gasteiger partial charge in [-0.3, -0.25) is 9.97 Å². The second kappa shape index (κ2) is 31.3. The van der Waals surface area contributed by atoms with Crippen LogP contribution in [-0.4, -0.2) is 24.9 Å². The fraction of sp³-hybridized carbons (Fsp3) is 0.302. The van der Waals surface area contributed by atoms with E-state index in [0.29, 0.717) is 0 Å². The van der Waals surface area contributed by atoms with Gasteiger partial charge in [0.1, 0.15) is 18.5 Å².